The van der Waals surface area contributed by atoms with E-state index < -0.39 is 17.6 Å². The van der Waals surface area contributed by atoms with Gasteiger partial charge in [0.2, 0.25) is 11.7 Å². The molecule has 0 aliphatic carbocycles. The number of aromatic nitrogens is 2. The van der Waals surface area contributed by atoms with E-state index in [1.54, 1.807) is 0 Å². The fourth-order valence-corrected chi connectivity index (χ4v) is 1.32. The monoisotopic (exact) mass is 266 g/mol. The number of hydrogen-bond donors (Lipinski definition) is 0. The van der Waals surface area contributed by atoms with Gasteiger partial charge in [0.15, 0.2) is 11.6 Å². The summed E-state index contributed by atoms with van der Waals surface area (Å²) in [5, 5.41) is 0. The van der Waals surface area contributed by atoms with Gasteiger partial charge in [-0.25, -0.2) is 19.2 Å². The van der Waals surface area contributed by atoms with Crippen LogP contribution < -0.4 is 4.74 Å². The van der Waals surface area contributed by atoms with E-state index in [0.29, 0.717) is 0 Å². The zero-order valence-electron chi connectivity index (χ0n) is 9.76. The van der Waals surface area contributed by atoms with Crippen molar-refractivity contribution in [3.63, 3.8) is 0 Å². The van der Waals surface area contributed by atoms with E-state index in [1.165, 1.54) is 19.2 Å². The highest BCUT2D eigenvalue weighted by atomic mass is 19.2. The topological polar surface area (TPSA) is 61.3 Å². The minimum absolute atomic E-state index is 0.0892. The number of hydrogen-bond acceptors (Lipinski definition) is 5. The molecule has 0 fully saturated rings. The van der Waals surface area contributed by atoms with Gasteiger partial charge in [0, 0.05) is 6.20 Å². The smallest absolute Gasteiger partial charge is 0.345 e. The summed E-state index contributed by atoms with van der Waals surface area (Å²) >= 11 is 0. The minimum Gasteiger partial charge on any atom is -0.465 e. The molecule has 0 N–H and O–H groups in total. The molecule has 0 aliphatic heterocycles. The van der Waals surface area contributed by atoms with Crippen molar-refractivity contribution in [2.45, 2.75) is 0 Å². The second-order valence-electron chi connectivity index (χ2n) is 3.39. The van der Waals surface area contributed by atoms with Gasteiger partial charge in [-0.1, -0.05) is 6.07 Å². The van der Waals surface area contributed by atoms with Gasteiger partial charge in [-0.05, 0) is 12.1 Å². The Morgan fingerprint density at radius 1 is 1.32 bits per heavy atom. The third-order valence-electron chi connectivity index (χ3n) is 2.20. The first-order valence-corrected chi connectivity index (χ1v) is 5.13. The second-order valence-corrected chi connectivity index (χ2v) is 3.39. The average molecular weight is 266 g/mol. The Bertz CT molecular complexity index is 620. The quantitative estimate of drug-likeness (QED) is 0.798. The summed E-state index contributed by atoms with van der Waals surface area (Å²) in [6, 6.07) is 3.43. The van der Waals surface area contributed by atoms with Crippen molar-refractivity contribution >= 4 is 5.97 Å². The molecule has 1 aromatic carbocycles. The Hall–Kier alpha value is -2.57. The molecule has 0 atom stereocenters. The third-order valence-corrected chi connectivity index (χ3v) is 2.20. The molecule has 0 unspecified atom stereocenters. The summed E-state index contributed by atoms with van der Waals surface area (Å²) in [6.07, 6.45) is 2.27. The van der Waals surface area contributed by atoms with Gasteiger partial charge in [-0.15, -0.1) is 0 Å². The van der Waals surface area contributed by atoms with Crippen molar-refractivity contribution < 1.29 is 23.0 Å². The molecule has 0 saturated heterocycles. The second kappa shape index (κ2) is 5.38. The minimum atomic E-state index is -1.17. The number of benzene rings is 1. The Morgan fingerprint density at radius 3 is 2.84 bits per heavy atom. The van der Waals surface area contributed by atoms with Crippen LogP contribution in [0.5, 0.6) is 11.6 Å². The van der Waals surface area contributed by atoms with Crippen LogP contribution in [0.1, 0.15) is 10.4 Å². The Kier molecular flexibility index (Phi) is 3.65. The van der Waals surface area contributed by atoms with E-state index in [4.69, 9.17) is 4.74 Å². The molecular weight excluding hydrogens is 258 g/mol. The fraction of sp³-hybridized carbons (Fsp3) is 0.0833. The fourth-order valence-electron chi connectivity index (χ4n) is 1.32. The largest absolute Gasteiger partial charge is 0.465 e. The predicted molar refractivity (Wildman–Crippen MR) is 59.8 cm³/mol. The summed E-state index contributed by atoms with van der Waals surface area (Å²) in [4.78, 5) is 18.8. The predicted octanol–water partition coefficient (Wildman–Crippen LogP) is 2.33. The van der Waals surface area contributed by atoms with Crippen LogP contribution in [0.15, 0.2) is 30.7 Å². The summed E-state index contributed by atoms with van der Waals surface area (Å²) in [5.41, 5.74) is -0.0892. The maximum atomic E-state index is 13.4. The summed E-state index contributed by atoms with van der Waals surface area (Å²) in [7, 11) is 1.17. The van der Waals surface area contributed by atoms with Crippen molar-refractivity contribution in [2.75, 3.05) is 7.11 Å². The summed E-state index contributed by atoms with van der Waals surface area (Å²) < 4.78 is 36.0. The molecule has 0 aliphatic rings. The molecule has 0 amide bonds. The lowest BCUT2D eigenvalue weighted by atomic mass is 10.3. The molecule has 0 saturated carbocycles. The van der Waals surface area contributed by atoms with Gasteiger partial charge in [0.05, 0.1) is 7.11 Å². The number of rotatable bonds is 3. The highest BCUT2D eigenvalue weighted by molar-refractivity contribution is 5.91. The average Bonchev–Trinajstić information content (AvgIpc) is 2.43. The van der Waals surface area contributed by atoms with Crippen LogP contribution in [0.3, 0.4) is 0 Å². The zero-order valence-corrected chi connectivity index (χ0v) is 9.76. The van der Waals surface area contributed by atoms with Crippen LogP contribution >= 0.6 is 0 Å². The van der Waals surface area contributed by atoms with E-state index in [0.717, 1.165) is 18.6 Å². The van der Waals surface area contributed by atoms with E-state index in [1.807, 2.05) is 0 Å². The molecule has 0 bridgehead atoms. The van der Waals surface area contributed by atoms with Crippen LogP contribution in [0.4, 0.5) is 8.78 Å². The van der Waals surface area contributed by atoms with E-state index in [-0.39, 0.29) is 17.2 Å². The lowest BCUT2D eigenvalue weighted by Gasteiger charge is -2.08. The highest BCUT2D eigenvalue weighted by Gasteiger charge is 2.17. The molecule has 1 heterocycles. The SMILES string of the molecule is COC(=O)c1cncnc1Oc1cccc(F)c1F. The normalized spacial score (nSPS) is 10.1. The molecule has 7 heteroatoms. The Balaban J connectivity index is 2.39. The zero-order chi connectivity index (χ0) is 13.8. The molecule has 98 valence electrons. The van der Waals surface area contributed by atoms with Crippen molar-refractivity contribution in [1.82, 2.24) is 9.97 Å². The van der Waals surface area contributed by atoms with Crippen molar-refractivity contribution in [1.29, 1.82) is 0 Å². The number of nitrogens with zero attached hydrogens (tertiary/aromatic N) is 2. The van der Waals surface area contributed by atoms with Crippen LogP contribution in [0, 0.1) is 11.6 Å². The molecule has 5 nitrogen and oxygen atoms in total. The number of methoxy groups -OCH3 is 1. The van der Waals surface area contributed by atoms with Crippen molar-refractivity contribution in [3.05, 3.63) is 47.9 Å². The van der Waals surface area contributed by atoms with Crippen LogP contribution in [-0.4, -0.2) is 23.0 Å². The molecule has 0 radical (unpaired) electrons. The van der Waals surface area contributed by atoms with Crippen LogP contribution in [0.2, 0.25) is 0 Å². The van der Waals surface area contributed by atoms with E-state index in [9.17, 15) is 13.6 Å². The molecule has 2 rings (SSSR count). The summed E-state index contributed by atoms with van der Waals surface area (Å²) in [6.45, 7) is 0. The summed E-state index contributed by atoms with van der Waals surface area (Å²) in [5.74, 6) is -3.58. The first-order valence-electron chi connectivity index (χ1n) is 5.13. The van der Waals surface area contributed by atoms with Gasteiger partial charge in [-0.2, -0.15) is 4.39 Å². The number of halogens is 2. The number of ether oxygens (including phenoxy) is 2. The number of esters is 1. The van der Waals surface area contributed by atoms with E-state index in [2.05, 4.69) is 14.7 Å². The lowest BCUT2D eigenvalue weighted by Crippen LogP contribution is -2.06. The number of carbonyl (C=O) groups is 1. The standard InChI is InChI=1S/C12H8F2N2O3/c1-18-12(17)7-5-15-6-16-11(7)19-9-4-2-3-8(13)10(9)14/h2-6H,1H3. The van der Waals surface area contributed by atoms with Gasteiger partial charge < -0.3 is 9.47 Å². The van der Waals surface area contributed by atoms with Crippen LogP contribution in [-0.2, 0) is 4.74 Å². The maximum absolute atomic E-state index is 13.4. The van der Waals surface area contributed by atoms with Crippen molar-refractivity contribution in [3.8, 4) is 11.6 Å². The first-order chi connectivity index (χ1) is 9.13. The van der Waals surface area contributed by atoms with Crippen molar-refractivity contribution in [2.24, 2.45) is 0 Å². The Labute approximate surface area is 106 Å². The van der Waals surface area contributed by atoms with Gasteiger partial charge in [0.1, 0.15) is 11.9 Å². The Morgan fingerprint density at radius 2 is 2.11 bits per heavy atom. The lowest BCUT2D eigenvalue weighted by molar-refractivity contribution is 0.0596. The molecule has 1 aromatic heterocycles. The van der Waals surface area contributed by atoms with Gasteiger partial charge >= 0.3 is 5.97 Å². The molecule has 2 aromatic rings. The van der Waals surface area contributed by atoms with Crippen LogP contribution in [0.25, 0.3) is 0 Å². The maximum Gasteiger partial charge on any atom is 0.345 e. The molecular formula is C12H8F2N2O3. The first kappa shape index (κ1) is 12.9. The third kappa shape index (κ3) is 2.65. The van der Waals surface area contributed by atoms with Gasteiger partial charge in [0.25, 0.3) is 0 Å². The molecule has 0 spiro atoms. The number of carbonyl (C=O) groups excluding carboxylic acids is 1. The highest BCUT2D eigenvalue weighted by Crippen LogP contribution is 2.26. The molecule has 19 heavy (non-hydrogen) atoms. The van der Waals surface area contributed by atoms with Gasteiger partial charge in [-0.3, -0.25) is 0 Å². The van der Waals surface area contributed by atoms with E-state index >= 15 is 0 Å².